The summed E-state index contributed by atoms with van der Waals surface area (Å²) in [5.74, 6) is -0.0942. The van der Waals surface area contributed by atoms with Gasteiger partial charge in [0.05, 0.1) is 19.0 Å². The SMILES string of the molecule is C=C/C=C\C=C(/C)CN1/C=N/C(NCC(C)OCCCC)N/C=C/NC(=O)C1. The third kappa shape index (κ3) is 11.4. The third-order valence-corrected chi connectivity index (χ3v) is 3.89. The van der Waals surface area contributed by atoms with E-state index in [9.17, 15) is 4.79 Å². The van der Waals surface area contributed by atoms with E-state index in [0.29, 0.717) is 13.1 Å². The molecule has 1 aliphatic rings. The molecule has 0 bridgehead atoms. The fourth-order valence-corrected chi connectivity index (χ4v) is 2.39. The van der Waals surface area contributed by atoms with Gasteiger partial charge in [-0.3, -0.25) is 10.1 Å². The topological polar surface area (TPSA) is 78.0 Å². The number of carbonyl (C=O) groups is 1. The molecule has 2 unspecified atom stereocenters. The highest BCUT2D eigenvalue weighted by Crippen LogP contribution is 2.00. The van der Waals surface area contributed by atoms with Crippen molar-refractivity contribution in [2.75, 3.05) is 26.2 Å². The van der Waals surface area contributed by atoms with Crippen LogP contribution < -0.4 is 16.0 Å². The quantitative estimate of drug-likeness (QED) is 0.373. The van der Waals surface area contributed by atoms with Crippen molar-refractivity contribution in [3.05, 3.63) is 48.9 Å². The highest BCUT2D eigenvalue weighted by atomic mass is 16.5. The molecule has 7 heteroatoms. The largest absolute Gasteiger partial charge is 0.377 e. The number of aliphatic imine (C=N–C) groups is 1. The van der Waals surface area contributed by atoms with E-state index >= 15 is 0 Å². The standard InChI is InChI=1S/C21H35N5O2/c1-5-7-9-10-18(3)15-26-16-20(27)22-11-12-23-21(25-17-26)24-14-19(4)28-13-8-6-2/h5,7,9-12,17,19,21,23-24H,1,6,8,13-16H2,2-4H3,(H,22,27)/b9-7-,12-11+,18-10+,25-17+. The predicted molar refractivity (Wildman–Crippen MR) is 116 cm³/mol. The Morgan fingerprint density at radius 2 is 2.32 bits per heavy atom. The molecular formula is C21H35N5O2. The number of ether oxygens (including phenoxy) is 1. The summed E-state index contributed by atoms with van der Waals surface area (Å²) in [4.78, 5) is 18.4. The Hall–Kier alpha value is -2.38. The van der Waals surface area contributed by atoms with Crippen molar-refractivity contribution in [2.45, 2.75) is 46.0 Å². The van der Waals surface area contributed by atoms with Gasteiger partial charge in [0.2, 0.25) is 5.91 Å². The van der Waals surface area contributed by atoms with E-state index in [1.807, 2.05) is 37.0 Å². The van der Waals surface area contributed by atoms with Crippen molar-refractivity contribution in [3.63, 3.8) is 0 Å². The summed E-state index contributed by atoms with van der Waals surface area (Å²) in [5, 5.41) is 9.20. The molecule has 0 aliphatic carbocycles. The van der Waals surface area contributed by atoms with E-state index in [0.717, 1.165) is 25.0 Å². The number of carbonyl (C=O) groups excluding carboxylic acids is 1. The van der Waals surface area contributed by atoms with E-state index in [1.54, 1.807) is 24.8 Å². The molecule has 28 heavy (non-hydrogen) atoms. The zero-order valence-electron chi connectivity index (χ0n) is 17.4. The number of unbranched alkanes of at least 4 members (excludes halogenated alkanes) is 1. The molecule has 0 saturated heterocycles. The van der Waals surface area contributed by atoms with E-state index in [-0.39, 0.29) is 24.8 Å². The third-order valence-electron chi connectivity index (χ3n) is 3.89. The molecular weight excluding hydrogens is 354 g/mol. The van der Waals surface area contributed by atoms with E-state index in [2.05, 4.69) is 34.4 Å². The molecule has 0 radical (unpaired) electrons. The van der Waals surface area contributed by atoms with Crippen LogP contribution in [0.25, 0.3) is 0 Å². The highest BCUT2D eigenvalue weighted by Gasteiger charge is 2.11. The average molecular weight is 390 g/mol. The van der Waals surface area contributed by atoms with E-state index in [1.165, 1.54) is 0 Å². The summed E-state index contributed by atoms with van der Waals surface area (Å²) < 4.78 is 5.76. The molecule has 0 aromatic rings. The van der Waals surface area contributed by atoms with Gasteiger partial charge in [-0.05, 0) is 20.3 Å². The number of allylic oxidation sites excluding steroid dienone is 4. The molecule has 0 fully saturated rings. The summed E-state index contributed by atoms with van der Waals surface area (Å²) in [6, 6.07) is 0. The predicted octanol–water partition coefficient (Wildman–Crippen LogP) is 2.27. The lowest BCUT2D eigenvalue weighted by Gasteiger charge is -2.23. The van der Waals surface area contributed by atoms with Crippen molar-refractivity contribution in [1.29, 1.82) is 0 Å². The fraction of sp³-hybridized carbons (Fsp3) is 0.524. The first-order valence-electron chi connectivity index (χ1n) is 9.82. The van der Waals surface area contributed by atoms with Crippen molar-refractivity contribution in [3.8, 4) is 0 Å². The smallest absolute Gasteiger partial charge is 0.243 e. The minimum absolute atomic E-state index is 0.0942. The number of rotatable bonds is 11. The van der Waals surface area contributed by atoms with Gasteiger partial charge in [-0.2, -0.15) is 0 Å². The van der Waals surface area contributed by atoms with Crippen LogP contribution >= 0.6 is 0 Å². The van der Waals surface area contributed by atoms with Crippen LogP contribution in [0.15, 0.2) is 53.8 Å². The zero-order valence-corrected chi connectivity index (χ0v) is 17.4. The van der Waals surface area contributed by atoms with Gasteiger partial charge in [0.25, 0.3) is 0 Å². The van der Waals surface area contributed by atoms with Crippen LogP contribution in [0.1, 0.15) is 33.6 Å². The van der Waals surface area contributed by atoms with E-state index in [4.69, 9.17) is 4.74 Å². The van der Waals surface area contributed by atoms with Gasteiger partial charge in [0.15, 0.2) is 6.29 Å². The van der Waals surface area contributed by atoms with Gasteiger partial charge in [-0.25, -0.2) is 4.99 Å². The maximum absolute atomic E-state index is 12.0. The Balaban J connectivity index is 2.67. The van der Waals surface area contributed by atoms with Gasteiger partial charge in [-0.1, -0.05) is 49.8 Å². The van der Waals surface area contributed by atoms with Crippen LogP contribution in [0.4, 0.5) is 0 Å². The Labute approximate surface area is 169 Å². The molecule has 0 aromatic carbocycles. The highest BCUT2D eigenvalue weighted by molar-refractivity contribution is 5.81. The minimum atomic E-state index is -0.309. The Bertz CT molecular complexity index is 583. The van der Waals surface area contributed by atoms with Crippen LogP contribution in [0, 0.1) is 0 Å². The lowest BCUT2D eigenvalue weighted by molar-refractivity contribution is -0.120. The maximum atomic E-state index is 12.0. The zero-order chi connectivity index (χ0) is 20.6. The van der Waals surface area contributed by atoms with Crippen molar-refractivity contribution in [1.82, 2.24) is 20.9 Å². The monoisotopic (exact) mass is 389 g/mol. The first-order chi connectivity index (χ1) is 13.5. The molecule has 156 valence electrons. The summed E-state index contributed by atoms with van der Waals surface area (Å²) in [7, 11) is 0. The van der Waals surface area contributed by atoms with Gasteiger partial charge < -0.3 is 20.3 Å². The summed E-state index contributed by atoms with van der Waals surface area (Å²) in [6.45, 7) is 12.1. The Kier molecular flexibility index (Phi) is 12.4. The average Bonchev–Trinajstić information content (AvgIpc) is 2.66. The second kappa shape index (κ2) is 14.6. The summed E-state index contributed by atoms with van der Waals surface area (Å²) in [5.41, 5.74) is 1.11. The van der Waals surface area contributed by atoms with Gasteiger partial charge in [0, 0.05) is 32.1 Å². The van der Waals surface area contributed by atoms with Crippen LogP contribution in [0.2, 0.25) is 0 Å². The Morgan fingerprint density at radius 1 is 1.50 bits per heavy atom. The fourth-order valence-electron chi connectivity index (χ4n) is 2.39. The second-order valence-electron chi connectivity index (χ2n) is 6.72. The van der Waals surface area contributed by atoms with Gasteiger partial charge >= 0.3 is 0 Å². The number of nitrogens with zero attached hydrogens (tertiary/aromatic N) is 2. The molecule has 0 spiro atoms. The summed E-state index contributed by atoms with van der Waals surface area (Å²) in [6.07, 6.45) is 14.5. The first-order valence-corrected chi connectivity index (χ1v) is 9.82. The second-order valence-corrected chi connectivity index (χ2v) is 6.72. The van der Waals surface area contributed by atoms with Crippen LogP contribution in [-0.4, -0.2) is 55.8 Å². The molecule has 3 N–H and O–H groups in total. The first kappa shape index (κ1) is 23.7. The lowest BCUT2D eigenvalue weighted by atomic mass is 10.2. The molecule has 1 amide bonds. The normalized spacial score (nSPS) is 21.7. The molecule has 0 aromatic heterocycles. The molecule has 1 heterocycles. The van der Waals surface area contributed by atoms with Crippen LogP contribution in [0.5, 0.6) is 0 Å². The van der Waals surface area contributed by atoms with Gasteiger partial charge in [0.1, 0.15) is 0 Å². The van der Waals surface area contributed by atoms with Crippen LogP contribution in [0.3, 0.4) is 0 Å². The number of hydrogen-bond acceptors (Lipinski definition) is 6. The number of hydrogen-bond donors (Lipinski definition) is 3. The number of amides is 1. The molecule has 0 saturated carbocycles. The van der Waals surface area contributed by atoms with Gasteiger partial charge in [-0.15, -0.1) is 0 Å². The lowest BCUT2D eigenvalue weighted by Crippen LogP contribution is -2.44. The maximum Gasteiger partial charge on any atom is 0.243 e. The molecule has 7 nitrogen and oxygen atoms in total. The molecule has 2 atom stereocenters. The molecule has 1 aliphatic heterocycles. The number of nitrogens with one attached hydrogen (secondary N) is 3. The minimum Gasteiger partial charge on any atom is -0.377 e. The van der Waals surface area contributed by atoms with Crippen molar-refractivity contribution >= 4 is 12.2 Å². The Morgan fingerprint density at radius 3 is 3.07 bits per heavy atom. The summed E-state index contributed by atoms with van der Waals surface area (Å²) >= 11 is 0. The van der Waals surface area contributed by atoms with Crippen molar-refractivity contribution in [2.24, 2.45) is 4.99 Å². The van der Waals surface area contributed by atoms with E-state index < -0.39 is 0 Å². The molecule has 1 rings (SSSR count). The van der Waals surface area contributed by atoms with Crippen LogP contribution in [-0.2, 0) is 9.53 Å². The van der Waals surface area contributed by atoms with Crippen molar-refractivity contribution < 1.29 is 9.53 Å².